The lowest BCUT2D eigenvalue weighted by molar-refractivity contribution is -0.00870. The number of anilines is 1. The smallest absolute Gasteiger partial charge is 0.347 e. The molecule has 1 aromatic heterocycles. The molecule has 2 unspecified atom stereocenters. The van der Waals surface area contributed by atoms with Gasteiger partial charge >= 0.3 is 5.97 Å². The molecule has 0 amide bonds. The molecule has 3 rings (SSSR count). The van der Waals surface area contributed by atoms with Gasteiger partial charge in [0.2, 0.25) is 0 Å². The maximum Gasteiger partial charge on any atom is 0.347 e. The van der Waals surface area contributed by atoms with Gasteiger partial charge in [0.1, 0.15) is 4.88 Å². The van der Waals surface area contributed by atoms with Crippen molar-refractivity contribution in [3.05, 3.63) is 10.6 Å². The Morgan fingerprint density at radius 1 is 1.48 bits per heavy atom. The summed E-state index contributed by atoms with van der Waals surface area (Å²) in [5.74, 6) is -0.851. The molecule has 116 valence electrons. The molecule has 0 aromatic carbocycles. The third-order valence-electron chi connectivity index (χ3n) is 4.34. The highest BCUT2D eigenvalue weighted by atomic mass is 32.1. The predicted octanol–water partition coefficient (Wildman–Crippen LogP) is 2.94. The van der Waals surface area contributed by atoms with Crippen LogP contribution in [0.1, 0.15) is 54.4 Å². The lowest BCUT2D eigenvalue weighted by Gasteiger charge is -2.43. The fourth-order valence-corrected chi connectivity index (χ4v) is 4.40. The zero-order valence-electron chi connectivity index (χ0n) is 12.4. The number of fused-ring (bicyclic) bond motifs is 1. The lowest BCUT2D eigenvalue weighted by atomic mass is 9.90. The van der Waals surface area contributed by atoms with Crippen LogP contribution in [0.15, 0.2) is 0 Å². The minimum Gasteiger partial charge on any atom is -0.477 e. The Bertz CT molecular complexity index is 515. The van der Waals surface area contributed by atoms with Crippen molar-refractivity contribution in [1.29, 1.82) is 0 Å². The molecule has 5 nitrogen and oxygen atoms in total. The molecule has 1 N–H and O–H groups in total. The fraction of sp³-hybridized carbons (Fsp3) is 0.733. The van der Waals surface area contributed by atoms with Gasteiger partial charge in [0.25, 0.3) is 0 Å². The van der Waals surface area contributed by atoms with Crippen molar-refractivity contribution in [2.45, 2.75) is 57.6 Å². The van der Waals surface area contributed by atoms with Gasteiger partial charge in [0.15, 0.2) is 5.13 Å². The minimum atomic E-state index is -0.851. The summed E-state index contributed by atoms with van der Waals surface area (Å²) in [6, 6.07) is 0.370. The van der Waals surface area contributed by atoms with Crippen molar-refractivity contribution in [2.24, 2.45) is 0 Å². The first-order valence-corrected chi connectivity index (χ1v) is 8.63. The third-order valence-corrected chi connectivity index (χ3v) is 5.47. The summed E-state index contributed by atoms with van der Waals surface area (Å²) in [5.41, 5.74) is 0.740. The van der Waals surface area contributed by atoms with Crippen LogP contribution in [0.3, 0.4) is 0 Å². The summed E-state index contributed by atoms with van der Waals surface area (Å²) < 4.78 is 5.88. The van der Waals surface area contributed by atoms with Gasteiger partial charge in [-0.1, -0.05) is 37.5 Å². The number of thiazole rings is 1. The second kappa shape index (κ2) is 6.32. The Kier molecular flexibility index (Phi) is 4.45. The molecule has 2 atom stereocenters. The van der Waals surface area contributed by atoms with Crippen LogP contribution < -0.4 is 4.90 Å². The van der Waals surface area contributed by atoms with E-state index in [1.54, 1.807) is 0 Å². The van der Waals surface area contributed by atoms with Crippen LogP contribution >= 0.6 is 11.3 Å². The maximum atomic E-state index is 11.4. The van der Waals surface area contributed by atoms with Gasteiger partial charge in [-0.05, 0) is 19.3 Å². The molecule has 6 heteroatoms. The Morgan fingerprint density at radius 3 is 3.05 bits per heavy atom. The van der Waals surface area contributed by atoms with Crippen molar-refractivity contribution >= 4 is 22.4 Å². The standard InChI is InChI=1S/C15H22N2O3S/c1-2-5-10-13(14(18)19)21-15(16-10)17-8-9-20-12-7-4-3-6-11(12)17/h11-12H,2-9H2,1H3,(H,18,19). The fourth-order valence-electron chi connectivity index (χ4n) is 3.37. The number of aromatic nitrogens is 1. The molecular formula is C15H22N2O3S. The molecule has 0 spiro atoms. The van der Waals surface area contributed by atoms with E-state index in [0.29, 0.717) is 23.6 Å². The largest absolute Gasteiger partial charge is 0.477 e. The first kappa shape index (κ1) is 14.8. The Labute approximate surface area is 128 Å². The summed E-state index contributed by atoms with van der Waals surface area (Å²) in [4.78, 5) is 18.7. The van der Waals surface area contributed by atoms with Crippen molar-refractivity contribution in [3.63, 3.8) is 0 Å². The first-order chi connectivity index (χ1) is 10.2. The van der Waals surface area contributed by atoms with Crippen LogP contribution in [-0.2, 0) is 11.2 Å². The molecule has 2 fully saturated rings. The number of hydrogen-bond acceptors (Lipinski definition) is 5. The number of carboxylic acids is 1. The number of hydrogen-bond donors (Lipinski definition) is 1. The molecule has 1 aliphatic carbocycles. The molecule has 2 aliphatic rings. The summed E-state index contributed by atoms with van der Waals surface area (Å²) in [5, 5.41) is 10.2. The zero-order valence-corrected chi connectivity index (χ0v) is 13.2. The second-order valence-electron chi connectivity index (χ2n) is 5.78. The third kappa shape index (κ3) is 2.92. The summed E-state index contributed by atoms with van der Waals surface area (Å²) in [6.45, 7) is 3.59. The lowest BCUT2D eigenvalue weighted by Crippen LogP contribution is -2.52. The average Bonchev–Trinajstić information content (AvgIpc) is 2.91. The van der Waals surface area contributed by atoms with Gasteiger partial charge in [-0.15, -0.1) is 0 Å². The monoisotopic (exact) mass is 310 g/mol. The molecule has 0 bridgehead atoms. The Hall–Kier alpha value is -1.14. The van der Waals surface area contributed by atoms with E-state index in [9.17, 15) is 9.90 Å². The highest BCUT2D eigenvalue weighted by Gasteiger charge is 2.36. The van der Waals surface area contributed by atoms with E-state index in [4.69, 9.17) is 4.74 Å². The maximum absolute atomic E-state index is 11.4. The molecular weight excluding hydrogens is 288 g/mol. The molecule has 21 heavy (non-hydrogen) atoms. The van der Waals surface area contributed by atoms with Gasteiger partial charge in [-0.2, -0.15) is 0 Å². The normalized spacial score (nSPS) is 25.7. The predicted molar refractivity (Wildman–Crippen MR) is 82.4 cm³/mol. The van der Waals surface area contributed by atoms with Crippen molar-refractivity contribution in [1.82, 2.24) is 4.98 Å². The van der Waals surface area contributed by atoms with E-state index in [1.807, 2.05) is 0 Å². The van der Waals surface area contributed by atoms with Gasteiger partial charge in [0, 0.05) is 6.54 Å². The van der Waals surface area contributed by atoms with Gasteiger partial charge in [-0.3, -0.25) is 0 Å². The summed E-state index contributed by atoms with van der Waals surface area (Å²) in [7, 11) is 0. The average molecular weight is 310 g/mol. The Balaban J connectivity index is 1.88. The number of carboxylic acid groups (broad SMARTS) is 1. The topological polar surface area (TPSA) is 62.7 Å². The SMILES string of the molecule is CCCc1nc(N2CCOC3CCCCC32)sc1C(=O)O. The van der Waals surface area contributed by atoms with Crippen LogP contribution in [0.5, 0.6) is 0 Å². The number of aromatic carboxylic acids is 1. The van der Waals surface area contributed by atoms with Gasteiger partial charge in [-0.25, -0.2) is 9.78 Å². The quantitative estimate of drug-likeness (QED) is 0.926. The van der Waals surface area contributed by atoms with E-state index in [1.165, 1.54) is 24.2 Å². The number of ether oxygens (including phenoxy) is 1. The van der Waals surface area contributed by atoms with E-state index in [2.05, 4.69) is 16.8 Å². The Morgan fingerprint density at radius 2 is 2.29 bits per heavy atom. The highest BCUT2D eigenvalue weighted by Crippen LogP contribution is 2.35. The summed E-state index contributed by atoms with van der Waals surface area (Å²) in [6.07, 6.45) is 6.62. The van der Waals surface area contributed by atoms with E-state index in [-0.39, 0.29) is 0 Å². The zero-order chi connectivity index (χ0) is 14.8. The molecule has 1 aliphatic heterocycles. The first-order valence-electron chi connectivity index (χ1n) is 7.82. The van der Waals surface area contributed by atoms with Crippen LogP contribution in [0.4, 0.5) is 5.13 Å². The number of nitrogens with zero attached hydrogens (tertiary/aromatic N) is 2. The van der Waals surface area contributed by atoms with E-state index in [0.717, 1.165) is 43.1 Å². The molecule has 0 radical (unpaired) electrons. The van der Waals surface area contributed by atoms with E-state index < -0.39 is 5.97 Å². The number of aryl methyl sites for hydroxylation is 1. The van der Waals surface area contributed by atoms with Crippen LogP contribution in [0.2, 0.25) is 0 Å². The number of carbonyl (C=O) groups is 1. The van der Waals surface area contributed by atoms with Crippen LogP contribution in [0, 0.1) is 0 Å². The molecule has 1 aromatic rings. The minimum absolute atomic E-state index is 0.291. The van der Waals surface area contributed by atoms with E-state index >= 15 is 0 Å². The summed E-state index contributed by atoms with van der Waals surface area (Å²) >= 11 is 1.33. The highest BCUT2D eigenvalue weighted by molar-refractivity contribution is 7.17. The molecule has 1 saturated heterocycles. The van der Waals surface area contributed by atoms with Gasteiger partial charge < -0.3 is 14.7 Å². The molecule has 2 heterocycles. The van der Waals surface area contributed by atoms with Gasteiger partial charge in [0.05, 0.1) is 24.4 Å². The number of morpholine rings is 1. The van der Waals surface area contributed by atoms with Crippen LogP contribution in [-0.4, -0.2) is 41.4 Å². The second-order valence-corrected chi connectivity index (χ2v) is 6.76. The number of rotatable bonds is 4. The molecule has 1 saturated carbocycles. The van der Waals surface area contributed by atoms with Crippen molar-refractivity contribution < 1.29 is 14.6 Å². The van der Waals surface area contributed by atoms with Crippen LogP contribution in [0.25, 0.3) is 0 Å². The van der Waals surface area contributed by atoms with Crippen molar-refractivity contribution in [2.75, 3.05) is 18.1 Å². The van der Waals surface area contributed by atoms with Crippen molar-refractivity contribution in [3.8, 4) is 0 Å².